The third kappa shape index (κ3) is 4.08. The Morgan fingerprint density at radius 1 is 1.10 bits per heavy atom. The van der Waals surface area contributed by atoms with Crippen LogP contribution in [0.3, 0.4) is 0 Å². The number of hydrogen-bond acceptors (Lipinski definition) is 5. The van der Waals surface area contributed by atoms with Gasteiger partial charge in [-0.1, -0.05) is 18.2 Å². The summed E-state index contributed by atoms with van der Waals surface area (Å²) in [5.41, 5.74) is 3.77. The summed E-state index contributed by atoms with van der Waals surface area (Å²) in [5.74, 6) is 2.77. The monoisotopic (exact) mass is 402 g/mol. The first-order valence-corrected chi connectivity index (χ1v) is 10.7. The summed E-state index contributed by atoms with van der Waals surface area (Å²) >= 11 is 0. The van der Waals surface area contributed by atoms with E-state index < -0.39 is 0 Å². The zero-order valence-electron chi connectivity index (χ0n) is 17.1. The molecule has 0 radical (unpaired) electrons. The minimum absolute atomic E-state index is 0.324. The molecule has 2 saturated carbocycles. The first-order chi connectivity index (χ1) is 14.7. The number of rotatable bonds is 9. The third-order valence-corrected chi connectivity index (χ3v) is 6.01. The van der Waals surface area contributed by atoms with Crippen molar-refractivity contribution >= 4 is 28.8 Å². The number of ether oxygens (including phenoxy) is 1. The Kier molecular flexibility index (Phi) is 4.99. The lowest BCUT2D eigenvalue weighted by Gasteiger charge is -2.18. The Balaban J connectivity index is 1.47. The van der Waals surface area contributed by atoms with Crippen molar-refractivity contribution in [3.63, 3.8) is 0 Å². The molecule has 0 unspecified atom stereocenters. The highest BCUT2D eigenvalue weighted by molar-refractivity contribution is 5.99. The molecule has 3 aromatic rings. The molecule has 2 aromatic carbocycles. The van der Waals surface area contributed by atoms with Crippen LogP contribution in [0.25, 0.3) is 22.0 Å². The van der Waals surface area contributed by atoms with Gasteiger partial charge in [0.25, 0.3) is 0 Å². The normalized spacial score (nSPS) is 16.8. The summed E-state index contributed by atoms with van der Waals surface area (Å²) < 4.78 is 5.93. The van der Waals surface area contributed by atoms with E-state index in [0.29, 0.717) is 24.2 Å². The van der Waals surface area contributed by atoms with E-state index in [1.54, 1.807) is 0 Å². The Labute approximate surface area is 176 Å². The number of benzene rings is 2. The Bertz CT molecular complexity index is 1080. The second-order valence-electron chi connectivity index (χ2n) is 8.47. The Morgan fingerprint density at radius 3 is 2.70 bits per heavy atom. The minimum Gasteiger partial charge on any atom is -0.493 e. The molecule has 0 aliphatic heterocycles. The van der Waals surface area contributed by atoms with Gasteiger partial charge in [-0.2, -0.15) is 0 Å². The maximum absolute atomic E-state index is 11.0. The van der Waals surface area contributed by atoms with Gasteiger partial charge in [-0.05, 0) is 79.8 Å². The topological polar surface area (TPSA) is 76.1 Å². The summed E-state index contributed by atoms with van der Waals surface area (Å²) in [6.07, 6.45) is 5.68. The summed E-state index contributed by atoms with van der Waals surface area (Å²) in [4.78, 5) is 11.0. The lowest BCUT2D eigenvalue weighted by Crippen LogP contribution is -2.19. The maximum atomic E-state index is 11.0. The second-order valence-corrected chi connectivity index (χ2v) is 8.47. The average Bonchev–Trinajstić information content (AvgIpc) is 3.67. The van der Waals surface area contributed by atoms with Gasteiger partial charge in [0, 0.05) is 11.4 Å². The SMILES string of the molecule is C[C@@H](Nc1c(NC=O)nnc2cc(-c3cccc(OCC4CC4)c3)ccc12)C1CC1. The number of fused-ring (bicyclic) bond motifs is 1. The van der Waals surface area contributed by atoms with Gasteiger partial charge in [0.15, 0.2) is 5.82 Å². The van der Waals surface area contributed by atoms with Crippen LogP contribution in [-0.2, 0) is 4.79 Å². The van der Waals surface area contributed by atoms with Crippen molar-refractivity contribution in [1.29, 1.82) is 0 Å². The fraction of sp³-hybridized carbons (Fsp3) is 0.375. The van der Waals surface area contributed by atoms with Gasteiger partial charge in [0.1, 0.15) is 5.75 Å². The van der Waals surface area contributed by atoms with Crippen molar-refractivity contribution < 1.29 is 9.53 Å². The molecule has 2 fully saturated rings. The summed E-state index contributed by atoms with van der Waals surface area (Å²) in [6, 6.07) is 14.7. The van der Waals surface area contributed by atoms with Crippen LogP contribution in [0, 0.1) is 11.8 Å². The van der Waals surface area contributed by atoms with Crippen LogP contribution in [0.5, 0.6) is 5.75 Å². The predicted octanol–water partition coefficient (Wildman–Crippen LogP) is 4.86. The van der Waals surface area contributed by atoms with Crippen LogP contribution in [0.1, 0.15) is 32.6 Å². The molecule has 5 rings (SSSR count). The molecule has 2 N–H and O–H groups in total. The van der Waals surface area contributed by atoms with Crippen LogP contribution < -0.4 is 15.4 Å². The van der Waals surface area contributed by atoms with Crippen molar-refractivity contribution in [1.82, 2.24) is 10.2 Å². The van der Waals surface area contributed by atoms with Gasteiger partial charge in [-0.15, -0.1) is 10.2 Å². The summed E-state index contributed by atoms with van der Waals surface area (Å²) in [6.45, 7) is 2.98. The summed E-state index contributed by atoms with van der Waals surface area (Å²) in [7, 11) is 0. The van der Waals surface area contributed by atoms with Gasteiger partial charge < -0.3 is 15.4 Å². The van der Waals surface area contributed by atoms with E-state index in [-0.39, 0.29) is 0 Å². The molecular formula is C24H26N4O2. The molecule has 0 bridgehead atoms. The highest BCUT2D eigenvalue weighted by atomic mass is 16.5. The molecule has 0 spiro atoms. The standard InChI is InChI=1S/C24H26N4O2/c1-15(17-7-8-17)26-23-21-10-9-19(12-22(21)27-28-24(23)25-14-29)18-3-2-4-20(11-18)30-13-16-5-6-16/h2-4,9-12,14-17H,5-8,13H2,1H3,(H,26,27)(H,25,28,29)/t15-/m1/s1. The van der Waals surface area contributed by atoms with Gasteiger partial charge in [-0.3, -0.25) is 4.79 Å². The minimum atomic E-state index is 0.324. The number of amides is 1. The van der Waals surface area contributed by atoms with E-state index in [9.17, 15) is 4.79 Å². The van der Waals surface area contributed by atoms with E-state index in [2.05, 4.69) is 52.0 Å². The van der Waals surface area contributed by atoms with Crippen molar-refractivity contribution in [2.24, 2.45) is 11.8 Å². The smallest absolute Gasteiger partial charge is 0.212 e. The molecule has 30 heavy (non-hydrogen) atoms. The number of aromatic nitrogens is 2. The fourth-order valence-electron chi connectivity index (χ4n) is 3.80. The van der Waals surface area contributed by atoms with Gasteiger partial charge in [0.2, 0.25) is 6.41 Å². The highest BCUT2D eigenvalue weighted by Gasteiger charge is 2.29. The van der Waals surface area contributed by atoms with Gasteiger partial charge in [0.05, 0.1) is 17.8 Å². The van der Waals surface area contributed by atoms with Crippen molar-refractivity contribution in [2.75, 3.05) is 17.2 Å². The zero-order chi connectivity index (χ0) is 20.5. The van der Waals surface area contributed by atoms with Crippen LogP contribution in [0.2, 0.25) is 0 Å². The molecule has 1 amide bonds. The lowest BCUT2D eigenvalue weighted by atomic mass is 10.0. The largest absolute Gasteiger partial charge is 0.493 e. The van der Waals surface area contributed by atoms with Crippen molar-refractivity contribution in [3.05, 3.63) is 42.5 Å². The summed E-state index contributed by atoms with van der Waals surface area (Å²) in [5, 5.41) is 15.8. The fourth-order valence-corrected chi connectivity index (χ4v) is 3.80. The predicted molar refractivity (Wildman–Crippen MR) is 119 cm³/mol. The first-order valence-electron chi connectivity index (χ1n) is 10.7. The maximum Gasteiger partial charge on any atom is 0.212 e. The molecule has 2 aliphatic carbocycles. The number of carbonyl (C=O) groups is 1. The van der Waals surface area contributed by atoms with Crippen LogP contribution in [0.15, 0.2) is 42.5 Å². The number of hydrogen-bond donors (Lipinski definition) is 2. The molecule has 2 aliphatic rings. The molecular weight excluding hydrogens is 376 g/mol. The molecule has 0 saturated heterocycles. The van der Waals surface area contributed by atoms with E-state index >= 15 is 0 Å². The van der Waals surface area contributed by atoms with E-state index in [4.69, 9.17) is 4.74 Å². The van der Waals surface area contributed by atoms with E-state index in [0.717, 1.165) is 46.0 Å². The molecule has 154 valence electrons. The number of nitrogens with zero attached hydrogens (tertiary/aromatic N) is 2. The van der Waals surface area contributed by atoms with Gasteiger partial charge >= 0.3 is 0 Å². The molecule has 6 heteroatoms. The molecule has 1 atom stereocenters. The molecule has 1 aromatic heterocycles. The van der Waals surface area contributed by atoms with Crippen molar-refractivity contribution in [2.45, 2.75) is 38.6 Å². The van der Waals surface area contributed by atoms with Crippen LogP contribution in [-0.4, -0.2) is 29.3 Å². The van der Waals surface area contributed by atoms with Crippen molar-refractivity contribution in [3.8, 4) is 16.9 Å². The highest BCUT2D eigenvalue weighted by Crippen LogP contribution is 2.37. The molecule has 6 nitrogen and oxygen atoms in total. The Morgan fingerprint density at radius 2 is 1.93 bits per heavy atom. The quantitative estimate of drug-likeness (QED) is 0.500. The Hall–Kier alpha value is -3.15. The zero-order valence-corrected chi connectivity index (χ0v) is 17.1. The second kappa shape index (κ2) is 7.94. The number of carbonyl (C=O) groups excluding carboxylic acids is 1. The van der Waals surface area contributed by atoms with E-state index in [1.807, 2.05) is 18.2 Å². The number of nitrogens with one attached hydrogen (secondary N) is 2. The lowest BCUT2D eigenvalue weighted by molar-refractivity contribution is -0.105. The van der Waals surface area contributed by atoms with Gasteiger partial charge in [-0.25, -0.2) is 0 Å². The van der Waals surface area contributed by atoms with Crippen LogP contribution >= 0.6 is 0 Å². The average molecular weight is 402 g/mol. The van der Waals surface area contributed by atoms with E-state index in [1.165, 1.54) is 25.7 Å². The molecule has 1 heterocycles. The first kappa shape index (κ1) is 18.9. The third-order valence-electron chi connectivity index (χ3n) is 6.01. The van der Waals surface area contributed by atoms with Crippen LogP contribution in [0.4, 0.5) is 11.5 Å². The number of anilines is 2.